The van der Waals surface area contributed by atoms with Crippen LogP contribution in [-0.2, 0) is 14.4 Å². The van der Waals surface area contributed by atoms with Crippen molar-refractivity contribution in [3.63, 3.8) is 0 Å². The molecule has 0 unspecified atom stereocenters. The normalized spacial score (nSPS) is 4.29. The van der Waals surface area contributed by atoms with Gasteiger partial charge in [0.25, 0.3) is 0 Å². The van der Waals surface area contributed by atoms with Crippen LogP contribution in [0.25, 0.3) is 0 Å². The van der Waals surface area contributed by atoms with Gasteiger partial charge < -0.3 is 41.2 Å². The minimum Gasteiger partial charge on any atom is -0.554 e. The van der Waals surface area contributed by atoms with E-state index in [0.29, 0.717) is 0 Å². The van der Waals surface area contributed by atoms with Crippen molar-refractivity contribution in [2.24, 2.45) is 11.5 Å². The second kappa shape index (κ2) is 58.8. The molecule has 0 aromatic carbocycles. The van der Waals surface area contributed by atoms with Gasteiger partial charge in [-0.3, -0.25) is 5.41 Å². The molecule has 90 valence electrons. The first-order valence-electron chi connectivity index (χ1n) is 2.24. The first-order valence-corrected chi connectivity index (χ1v) is 2.24. The van der Waals surface area contributed by atoms with Gasteiger partial charge in [0, 0.05) is 19.4 Å². The number of hydrogen-bond acceptors (Lipinski definition) is 7. The van der Waals surface area contributed by atoms with Crippen molar-refractivity contribution in [2.45, 2.75) is 0 Å². The monoisotopic (exact) mass is 369 g/mol. The van der Waals surface area contributed by atoms with Crippen LogP contribution in [0.3, 0.4) is 0 Å². The van der Waals surface area contributed by atoms with Gasteiger partial charge in [0.2, 0.25) is 0 Å². The average molecular weight is 369 g/mol. The molecule has 0 heterocycles. The summed E-state index contributed by atoms with van der Waals surface area (Å²) in [5.74, 6) is -0.333. The first-order chi connectivity index (χ1) is 5.97. The number of carbonyl (C=O) groups excluding carboxylic acids is 3. The molecule has 14 heavy (non-hydrogen) atoms. The fourth-order valence-electron chi connectivity index (χ4n) is 0. The number of nitrogens with two attached hydrogens (primary N) is 2. The second-order valence-corrected chi connectivity index (χ2v) is 0.744. The van der Waals surface area contributed by atoms with Crippen LogP contribution in [0.15, 0.2) is 0 Å². The smallest absolute Gasteiger partial charge is 0.554 e. The topological polar surface area (TPSA) is 196 Å². The standard InChI is InChI=1S/CH5N3.3CH2O2.Lu/c2-1(3)4;3*2-1-3;/h(H5,2,3,4);3*1H,(H,2,3);/q;;;;+3/p-3. The van der Waals surface area contributed by atoms with Gasteiger partial charge in [-0.2, -0.15) is 0 Å². The Bertz CT molecular complexity index is 114. The van der Waals surface area contributed by atoms with E-state index < -0.39 is 19.4 Å². The van der Waals surface area contributed by atoms with E-state index in [1.54, 1.807) is 0 Å². The van der Waals surface area contributed by atoms with Crippen molar-refractivity contribution in [3.8, 4) is 0 Å². The molecule has 0 aliphatic carbocycles. The van der Waals surface area contributed by atoms with Gasteiger partial charge in [0.15, 0.2) is 5.96 Å². The molecule has 0 spiro atoms. The van der Waals surface area contributed by atoms with Crippen molar-refractivity contribution in [1.29, 1.82) is 5.41 Å². The third-order valence-electron chi connectivity index (χ3n) is 0. The van der Waals surface area contributed by atoms with Crippen LogP contribution in [0.5, 0.6) is 0 Å². The van der Waals surface area contributed by atoms with Gasteiger partial charge in [-0.15, -0.1) is 0 Å². The largest absolute Gasteiger partial charge is 3.00 e. The molecule has 10 heteroatoms. The zero-order chi connectivity index (χ0) is 11.7. The van der Waals surface area contributed by atoms with Crippen LogP contribution in [0.1, 0.15) is 0 Å². The number of nitrogens with one attached hydrogen (secondary N) is 1. The molecule has 0 amide bonds. The van der Waals surface area contributed by atoms with E-state index in [4.69, 9.17) is 35.1 Å². The van der Waals surface area contributed by atoms with Crippen LogP contribution < -0.4 is 26.8 Å². The molecule has 0 fully saturated rings. The summed E-state index contributed by atoms with van der Waals surface area (Å²) in [6.45, 7) is -1.50. The summed E-state index contributed by atoms with van der Waals surface area (Å²) < 4.78 is 0. The molecule has 0 atom stereocenters. The summed E-state index contributed by atoms with van der Waals surface area (Å²) in [6, 6.07) is 0. The van der Waals surface area contributed by atoms with Crippen LogP contribution in [0.2, 0.25) is 0 Å². The summed E-state index contributed by atoms with van der Waals surface area (Å²) in [6.07, 6.45) is 0. The van der Waals surface area contributed by atoms with Gasteiger partial charge in [-0.05, 0) is 0 Å². The fraction of sp³-hybridized carbons (Fsp3) is 0. The van der Waals surface area contributed by atoms with Crippen molar-refractivity contribution >= 4 is 25.4 Å². The maximum Gasteiger partial charge on any atom is 3.00 e. The van der Waals surface area contributed by atoms with Crippen molar-refractivity contribution < 1.29 is 66.6 Å². The van der Waals surface area contributed by atoms with Gasteiger partial charge in [-0.1, -0.05) is 0 Å². The van der Waals surface area contributed by atoms with Gasteiger partial charge in [-0.25, -0.2) is 0 Å². The molecule has 0 rings (SSSR count). The number of hydrogen-bond donors (Lipinski definition) is 3. The van der Waals surface area contributed by atoms with Crippen LogP contribution in [0, 0.1) is 42.3 Å². The van der Waals surface area contributed by atoms with Gasteiger partial charge >= 0.3 is 36.9 Å². The number of carboxylic acid groups (broad SMARTS) is 3. The van der Waals surface area contributed by atoms with Gasteiger partial charge in [0.05, 0.1) is 0 Å². The van der Waals surface area contributed by atoms with E-state index in [9.17, 15) is 0 Å². The van der Waals surface area contributed by atoms with Crippen molar-refractivity contribution in [2.75, 3.05) is 0 Å². The quantitative estimate of drug-likeness (QED) is 0.213. The molecular formula is C4H8LuN3O6. The average Bonchev–Trinajstić information content (AvgIpc) is 1.88. The Labute approximate surface area is 108 Å². The summed E-state index contributed by atoms with van der Waals surface area (Å²) in [4.78, 5) is 24.8. The van der Waals surface area contributed by atoms with Crippen molar-refractivity contribution in [3.05, 3.63) is 0 Å². The maximum absolute atomic E-state index is 8.25. The predicted octanol–water partition coefficient (Wildman–Crippen LogP) is -6.06. The zero-order valence-corrected chi connectivity index (χ0v) is 8.25. The van der Waals surface area contributed by atoms with E-state index in [1.807, 2.05) is 0 Å². The molecule has 0 radical (unpaired) electrons. The summed E-state index contributed by atoms with van der Waals surface area (Å²) >= 11 is 0. The van der Waals surface area contributed by atoms with Crippen molar-refractivity contribution in [1.82, 2.24) is 0 Å². The van der Waals surface area contributed by atoms with Crippen LogP contribution in [-0.4, -0.2) is 25.4 Å². The Balaban J connectivity index is -0.0000000254. The second-order valence-electron chi connectivity index (χ2n) is 0.744. The summed E-state index contributed by atoms with van der Waals surface area (Å²) in [7, 11) is 0. The summed E-state index contributed by atoms with van der Waals surface area (Å²) in [5, 5.41) is 30.8. The third-order valence-corrected chi connectivity index (χ3v) is 0. The molecule has 0 saturated heterocycles. The van der Waals surface area contributed by atoms with Crippen LogP contribution >= 0.6 is 0 Å². The minimum atomic E-state index is -0.500. The van der Waals surface area contributed by atoms with E-state index >= 15 is 0 Å². The Morgan fingerprint density at radius 2 is 0.929 bits per heavy atom. The van der Waals surface area contributed by atoms with E-state index in [0.717, 1.165) is 0 Å². The molecule has 0 saturated carbocycles. The molecule has 0 bridgehead atoms. The zero-order valence-electron chi connectivity index (χ0n) is 6.59. The third kappa shape index (κ3) is 909. The number of guanidine groups is 1. The number of rotatable bonds is 0. The molecule has 9 nitrogen and oxygen atoms in total. The molecular weight excluding hydrogens is 361 g/mol. The molecule has 0 aromatic heterocycles. The van der Waals surface area contributed by atoms with Crippen LogP contribution in [0.4, 0.5) is 0 Å². The Morgan fingerprint density at radius 1 is 0.929 bits per heavy atom. The molecule has 0 aliphatic heterocycles. The molecule has 0 aromatic rings. The fourth-order valence-corrected chi connectivity index (χ4v) is 0. The Hall–Kier alpha value is -1.09. The van der Waals surface area contributed by atoms with E-state index in [2.05, 4.69) is 11.5 Å². The van der Waals surface area contributed by atoms with E-state index in [1.165, 1.54) is 0 Å². The predicted molar refractivity (Wildman–Crippen MR) is 34.3 cm³/mol. The Morgan fingerprint density at radius 3 is 0.929 bits per heavy atom. The van der Waals surface area contributed by atoms with E-state index in [-0.39, 0.29) is 42.8 Å². The van der Waals surface area contributed by atoms with Gasteiger partial charge in [0.1, 0.15) is 0 Å². The SMILES string of the molecule is N=C(N)N.O=C[O-].O=C[O-].O=C[O-].[Lu+3]. The minimum absolute atomic E-state index is 0. The Kier molecular flexibility index (Phi) is 123. The summed E-state index contributed by atoms with van der Waals surface area (Å²) in [5.41, 5.74) is 8.94. The number of carbonyl (C=O) groups is 3. The molecule has 0 aliphatic rings. The maximum atomic E-state index is 8.25. The first kappa shape index (κ1) is 29.3. The molecule has 5 N–H and O–H groups in total.